The van der Waals surface area contributed by atoms with Gasteiger partial charge in [-0.15, -0.1) is 11.6 Å². The number of rotatable bonds is 6. The van der Waals surface area contributed by atoms with Crippen molar-refractivity contribution < 1.29 is 4.74 Å². The molecule has 0 saturated carbocycles. The third-order valence-corrected chi connectivity index (χ3v) is 3.01. The number of ether oxygens (including phenoxy) is 1. The van der Waals surface area contributed by atoms with E-state index in [2.05, 4.69) is 35.0 Å². The van der Waals surface area contributed by atoms with Gasteiger partial charge in [0.15, 0.2) is 0 Å². The highest BCUT2D eigenvalue weighted by atomic mass is 79.9. The van der Waals surface area contributed by atoms with Crippen LogP contribution in [0.4, 0.5) is 0 Å². The normalized spacial score (nSPS) is 10.3. The molecule has 0 spiro atoms. The number of hydrogen-bond donors (Lipinski definition) is 0. The Kier molecular flexibility index (Phi) is 6.11. The molecule has 1 aromatic rings. The molecule has 0 aliphatic heterocycles. The Morgan fingerprint density at radius 3 is 2.73 bits per heavy atom. The minimum atomic E-state index is 0.744. The number of alkyl halides is 1. The van der Waals surface area contributed by atoms with Gasteiger partial charge in [-0.25, -0.2) is 0 Å². The molecule has 15 heavy (non-hydrogen) atoms. The maximum Gasteiger partial charge on any atom is 0.133 e. The van der Waals surface area contributed by atoms with Crippen LogP contribution in [0.15, 0.2) is 22.7 Å². The molecule has 1 rings (SSSR count). The van der Waals surface area contributed by atoms with Crippen molar-refractivity contribution in [2.24, 2.45) is 0 Å². The maximum atomic E-state index is 5.65. The van der Waals surface area contributed by atoms with Crippen LogP contribution in [0.2, 0.25) is 0 Å². The molecule has 84 valence electrons. The first-order chi connectivity index (χ1) is 7.24. The largest absolute Gasteiger partial charge is 0.492 e. The quantitative estimate of drug-likeness (QED) is 0.552. The average molecular weight is 292 g/mol. The highest BCUT2D eigenvalue weighted by Gasteiger charge is 2.00. The molecule has 0 fully saturated rings. The zero-order valence-corrected chi connectivity index (χ0v) is 11.3. The Labute approximate surface area is 105 Å². The highest BCUT2D eigenvalue weighted by Crippen LogP contribution is 2.25. The summed E-state index contributed by atoms with van der Waals surface area (Å²) in [4.78, 5) is 0. The molecule has 3 heteroatoms. The van der Waals surface area contributed by atoms with Crippen LogP contribution in [-0.2, 0) is 0 Å². The van der Waals surface area contributed by atoms with Crippen molar-refractivity contribution in [2.75, 3.05) is 12.5 Å². The Morgan fingerprint density at radius 2 is 2.07 bits per heavy atom. The fraction of sp³-hybridized carbons (Fsp3) is 0.500. The lowest BCUT2D eigenvalue weighted by Crippen LogP contribution is -1.98. The van der Waals surface area contributed by atoms with E-state index in [0.29, 0.717) is 0 Å². The zero-order chi connectivity index (χ0) is 11.1. The second kappa shape index (κ2) is 7.13. The molecule has 0 aliphatic rings. The summed E-state index contributed by atoms with van der Waals surface area (Å²) in [6.07, 6.45) is 3.26. The van der Waals surface area contributed by atoms with Gasteiger partial charge in [-0.1, -0.05) is 6.07 Å². The first-order valence-electron chi connectivity index (χ1n) is 5.19. The van der Waals surface area contributed by atoms with Gasteiger partial charge in [0, 0.05) is 5.88 Å². The number of benzene rings is 1. The summed E-state index contributed by atoms with van der Waals surface area (Å²) in [5.41, 5.74) is 1.23. The zero-order valence-electron chi connectivity index (χ0n) is 8.93. The number of halogens is 2. The molecule has 0 aliphatic carbocycles. The molecule has 0 radical (unpaired) electrons. The Morgan fingerprint density at radius 1 is 1.27 bits per heavy atom. The second-order valence-electron chi connectivity index (χ2n) is 3.53. The lowest BCUT2D eigenvalue weighted by Gasteiger charge is -2.08. The standard InChI is InChI=1S/C12H16BrClO/c1-10-5-6-12(11(13)9-10)15-8-4-2-3-7-14/h5-6,9H,2-4,7-8H2,1H3. The van der Waals surface area contributed by atoms with Crippen LogP contribution in [0.5, 0.6) is 5.75 Å². The Bertz CT molecular complexity index is 302. The van der Waals surface area contributed by atoms with Gasteiger partial charge in [-0.3, -0.25) is 0 Å². The predicted octanol–water partition coefficient (Wildman–Crippen LogP) is 4.55. The maximum absolute atomic E-state index is 5.65. The van der Waals surface area contributed by atoms with Gasteiger partial charge in [0.25, 0.3) is 0 Å². The van der Waals surface area contributed by atoms with Crippen molar-refractivity contribution in [1.82, 2.24) is 0 Å². The van der Waals surface area contributed by atoms with E-state index in [-0.39, 0.29) is 0 Å². The molecule has 0 unspecified atom stereocenters. The molecule has 0 aromatic heterocycles. The van der Waals surface area contributed by atoms with Crippen molar-refractivity contribution in [3.05, 3.63) is 28.2 Å². The predicted molar refractivity (Wildman–Crippen MR) is 68.9 cm³/mol. The van der Waals surface area contributed by atoms with Crippen molar-refractivity contribution in [2.45, 2.75) is 26.2 Å². The van der Waals surface area contributed by atoms with E-state index in [9.17, 15) is 0 Å². The first kappa shape index (κ1) is 12.9. The molecule has 1 aromatic carbocycles. The summed E-state index contributed by atoms with van der Waals surface area (Å²) in [5.74, 6) is 1.67. The fourth-order valence-electron chi connectivity index (χ4n) is 1.28. The minimum absolute atomic E-state index is 0.744. The number of aryl methyl sites for hydroxylation is 1. The summed E-state index contributed by atoms with van der Waals surface area (Å²) in [7, 11) is 0. The van der Waals surface area contributed by atoms with E-state index in [1.165, 1.54) is 5.56 Å². The summed E-state index contributed by atoms with van der Waals surface area (Å²) in [5, 5.41) is 0. The highest BCUT2D eigenvalue weighted by molar-refractivity contribution is 9.10. The Balaban J connectivity index is 2.31. The third-order valence-electron chi connectivity index (χ3n) is 2.12. The van der Waals surface area contributed by atoms with Crippen LogP contribution in [0, 0.1) is 6.92 Å². The summed E-state index contributed by atoms with van der Waals surface area (Å²) in [6, 6.07) is 6.12. The Hall–Kier alpha value is -0.210. The van der Waals surface area contributed by atoms with Crippen LogP contribution in [0.1, 0.15) is 24.8 Å². The topological polar surface area (TPSA) is 9.23 Å². The molecular weight excluding hydrogens is 275 g/mol. The summed E-state index contributed by atoms with van der Waals surface area (Å²) < 4.78 is 6.68. The van der Waals surface area contributed by atoms with Gasteiger partial charge in [0.1, 0.15) is 5.75 Å². The smallest absolute Gasteiger partial charge is 0.133 e. The van der Waals surface area contributed by atoms with Gasteiger partial charge in [-0.2, -0.15) is 0 Å². The second-order valence-corrected chi connectivity index (χ2v) is 4.76. The molecule has 0 N–H and O–H groups in total. The molecule has 0 amide bonds. The molecule has 0 heterocycles. The van der Waals surface area contributed by atoms with Crippen LogP contribution in [-0.4, -0.2) is 12.5 Å². The number of unbranched alkanes of at least 4 members (excludes halogenated alkanes) is 2. The SMILES string of the molecule is Cc1ccc(OCCCCCCl)c(Br)c1. The molecule has 1 nitrogen and oxygen atoms in total. The first-order valence-corrected chi connectivity index (χ1v) is 6.51. The van der Waals surface area contributed by atoms with Crippen molar-refractivity contribution >= 4 is 27.5 Å². The van der Waals surface area contributed by atoms with E-state index < -0.39 is 0 Å². The molecular formula is C12H16BrClO. The van der Waals surface area contributed by atoms with Gasteiger partial charge in [0.2, 0.25) is 0 Å². The minimum Gasteiger partial charge on any atom is -0.492 e. The van der Waals surface area contributed by atoms with Gasteiger partial charge >= 0.3 is 0 Å². The van der Waals surface area contributed by atoms with Crippen molar-refractivity contribution in [1.29, 1.82) is 0 Å². The van der Waals surface area contributed by atoms with Gasteiger partial charge in [-0.05, 0) is 59.8 Å². The van der Waals surface area contributed by atoms with Crippen molar-refractivity contribution in [3.8, 4) is 5.75 Å². The monoisotopic (exact) mass is 290 g/mol. The number of hydrogen-bond acceptors (Lipinski definition) is 1. The molecule has 0 saturated heterocycles. The van der Waals surface area contributed by atoms with E-state index in [4.69, 9.17) is 16.3 Å². The van der Waals surface area contributed by atoms with E-state index in [1.807, 2.05) is 6.07 Å². The van der Waals surface area contributed by atoms with E-state index in [1.54, 1.807) is 0 Å². The van der Waals surface area contributed by atoms with Gasteiger partial charge < -0.3 is 4.74 Å². The average Bonchev–Trinajstić information content (AvgIpc) is 2.20. The van der Waals surface area contributed by atoms with Crippen LogP contribution < -0.4 is 4.74 Å². The lowest BCUT2D eigenvalue weighted by atomic mass is 10.2. The van der Waals surface area contributed by atoms with Crippen LogP contribution in [0.3, 0.4) is 0 Å². The van der Waals surface area contributed by atoms with E-state index >= 15 is 0 Å². The fourth-order valence-corrected chi connectivity index (χ4v) is 2.08. The third kappa shape index (κ3) is 4.89. The summed E-state index contributed by atoms with van der Waals surface area (Å²) in [6.45, 7) is 2.83. The van der Waals surface area contributed by atoms with Crippen LogP contribution >= 0.6 is 27.5 Å². The van der Waals surface area contributed by atoms with Gasteiger partial charge in [0.05, 0.1) is 11.1 Å². The van der Waals surface area contributed by atoms with Crippen molar-refractivity contribution in [3.63, 3.8) is 0 Å². The molecule has 0 bridgehead atoms. The summed E-state index contributed by atoms with van der Waals surface area (Å²) >= 11 is 9.08. The van der Waals surface area contributed by atoms with E-state index in [0.717, 1.165) is 42.0 Å². The van der Waals surface area contributed by atoms with Crippen LogP contribution in [0.25, 0.3) is 0 Å². The molecule has 0 atom stereocenters. The lowest BCUT2D eigenvalue weighted by molar-refractivity contribution is 0.304.